The van der Waals surface area contributed by atoms with Crippen LogP contribution in [0.15, 0.2) is 0 Å². The first-order chi connectivity index (χ1) is 5.31. The summed E-state index contributed by atoms with van der Waals surface area (Å²) in [7, 11) is 0. The van der Waals surface area contributed by atoms with E-state index < -0.39 is 18.0 Å². The molecule has 1 amide bonds. The minimum Gasteiger partial charge on any atom is -0.417 e. The number of ether oxygens (including phenoxy) is 1. The Hall–Kier alpha value is -0.810. The number of rotatable bonds is 3. The van der Waals surface area contributed by atoms with Gasteiger partial charge in [0.15, 0.2) is 0 Å². The number of hydrogen-bond donors (Lipinski definition) is 1. The van der Waals surface area contributed by atoms with Crippen molar-refractivity contribution < 1.29 is 19.3 Å². The van der Waals surface area contributed by atoms with Crippen LogP contribution < -0.4 is 5.73 Å². The van der Waals surface area contributed by atoms with Crippen LogP contribution in [0.1, 0.15) is 27.7 Å². The topological polar surface area (TPSA) is 70.8 Å². The van der Waals surface area contributed by atoms with Crippen LogP contribution in [0.3, 0.4) is 0 Å². The molecule has 2 N–H and O–H groups in total. The largest absolute Gasteiger partial charge is 0.417 e. The van der Waals surface area contributed by atoms with Crippen molar-refractivity contribution in [3.05, 3.63) is 0 Å². The fraction of sp³-hybridized carbons (Fsp3) is 0.857. The number of amides is 1. The van der Waals surface area contributed by atoms with Crippen molar-refractivity contribution in [2.45, 2.75) is 39.6 Å². The Labute approximate surface area is 71.7 Å². The monoisotopic (exact) mass is 177 g/mol. The molecule has 0 rings (SSSR count). The maximum atomic E-state index is 10.2. The average molecular weight is 177 g/mol. The van der Waals surface area contributed by atoms with Gasteiger partial charge in [-0.3, -0.25) is 0 Å². The number of nitrogens with two attached hydrogens (primary N) is 1. The fourth-order valence-electron chi connectivity index (χ4n) is 0.395. The van der Waals surface area contributed by atoms with Crippen LogP contribution in [0.2, 0.25) is 0 Å². The van der Waals surface area contributed by atoms with Gasteiger partial charge in [0.1, 0.15) is 0 Å². The van der Waals surface area contributed by atoms with Gasteiger partial charge in [-0.05, 0) is 20.8 Å². The zero-order valence-corrected chi connectivity index (χ0v) is 7.79. The first-order valence-corrected chi connectivity index (χ1v) is 3.62. The highest BCUT2D eigenvalue weighted by molar-refractivity contribution is 5.64. The molecule has 0 radical (unpaired) electrons. The van der Waals surface area contributed by atoms with Crippen LogP contribution in [0.25, 0.3) is 0 Å². The lowest BCUT2D eigenvalue weighted by Crippen LogP contribution is -2.27. The van der Waals surface area contributed by atoms with Gasteiger partial charge in [-0.2, -0.15) is 4.89 Å². The highest BCUT2D eigenvalue weighted by Crippen LogP contribution is 2.09. The molecule has 0 aromatic rings. The molecule has 0 aliphatic heterocycles. The molecular weight excluding hydrogens is 162 g/mol. The Morgan fingerprint density at radius 1 is 1.42 bits per heavy atom. The zero-order valence-electron chi connectivity index (χ0n) is 7.79. The van der Waals surface area contributed by atoms with Crippen molar-refractivity contribution in [2.75, 3.05) is 0 Å². The lowest BCUT2D eigenvalue weighted by atomic mass is 10.2. The Balaban J connectivity index is 3.57. The minimum absolute atomic E-state index is 0.435. The third-order valence-electron chi connectivity index (χ3n) is 0.716. The molecule has 0 aromatic carbocycles. The van der Waals surface area contributed by atoms with Gasteiger partial charge in [0.25, 0.3) is 0 Å². The molecule has 0 bridgehead atoms. The van der Waals surface area contributed by atoms with E-state index in [1.54, 1.807) is 0 Å². The number of primary amides is 1. The molecule has 0 aliphatic rings. The summed E-state index contributed by atoms with van der Waals surface area (Å²) in [6.07, 6.45) is -1.68. The van der Waals surface area contributed by atoms with E-state index in [1.165, 1.54) is 6.92 Å². The Morgan fingerprint density at radius 2 is 1.92 bits per heavy atom. The van der Waals surface area contributed by atoms with Crippen molar-refractivity contribution in [3.63, 3.8) is 0 Å². The second-order valence-electron chi connectivity index (χ2n) is 3.30. The normalized spacial score (nSPS) is 14.0. The molecule has 1 unspecified atom stereocenters. The summed E-state index contributed by atoms with van der Waals surface area (Å²) in [6.45, 7) is 6.94. The standard InChI is InChI=1S/C7H15NO4/c1-5(10-6(8)9)11-12-7(2,3)4/h5H,1-4H3,(H2,8,9). The van der Waals surface area contributed by atoms with Crippen molar-refractivity contribution in [2.24, 2.45) is 5.73 Å². The third-order valence-corrected chi connectivity index (χ3v) is 0.716. The van der Waals surface area contributed by atoms with Crippen molar-refractivity contribution >= 4 is 6.09 Å². The lowest BCUT2D eigenvalue weighted by Gasteiger charge is -2.20. The molecule has 0 heterocycles. The predicted molar refractivity (Wildman–Crippen MR) is 42.1 cm³/mol. The van der Waals surface area contributed by atoms with Gasteiger partial charge in [0.05, 0.1) is 5.60 Å². The highest BCUT2D eigenvalue weighted by atomic mass is 17.2. The van der Waals surface area contributed by atoms with Crippen LogP contribution in [-0.4, -0.2) is 18.0 Å². The quantitative estimate of drug-likeness (QED) is 0.399. The van der Waals surface area contributed by atoms with Gasteiger partial charge in [-0.25, -0.2) is 9.68 Å². The second-order valence-corrected chi connectivity index (χ2v) is 3.30. The van der Waals surface area contributed by atoms with E-state index in [4.69, 9.17) is 15.5 Å². The molecule has 0 saturated carbocycles. The van der Waals surface area contributed by atoms with Gasteiger partial charge in [-0.15, -0.1) is 0 Å². The summed E-state index contributed by atoms with van der Waals surface area (Å²) in [5.74, 6) is 0. The maximum absolute atomic E-state index is 10.2. The van der Waals surface area contributed by atoms with Gasteiger partial charge < -0.3 is 10.5 Å². The summed E-state index contributed by atoms with van der Waals surface area (Å²) in [6, 6.07) is 0. The summed E-state index contributed by atoms with van der Waals surface area (Å²) >= 11 is 0. The minimum atomic E-state index is -0.889. The second kappa shape index (κ2) is 4.27. The SMILES string of the molecule is CC(OOC(C)(C)C)OC(N)=O. The van der Waals surface area contributed by atoms with E-state index in [0.29, 0.717) is 0 Å². The fourth-order valence-corrected chi connectivity index (χ4v) is 0.395. The number of hydrogen-bond acceptors (Lipinski definition) is 4. The molecule has 5 nitrogen and oxygen atoms in total. The van der Waals surface area contributed by atoms with E-state index >= 15 is 0 Å². The van der Waals surface area contributed by atoms with Gasteiger partial charge in [-0.1, -0.05) is 0 Å². The molecule has 1 atom stereocenters. The lowest BCUT2D eigenvalue weighted by molar-refractivity contribution is -0.402. The molecule has 12 heavy (non-hydrogen) atoms. The first-order valence-electron chi connectivity index (χ1n) is 3.62. The number of carbonyl (C=O) groups excluding carboxylic acids is 1. The molecule has 0 aromatic heterocycles. The van der Waals surface area contributed by atoms with E-state index in [1.807, 2.05) is 20.8 Å². The molecule has 5 heteroatoms. The van der Waals surface area contributed by atoms with Crippen LogP contribution in [0, 0.1) is 0 Å². The third kappa shape index (κ3) is 7.30. The van der Waals surface area contributed by atoms with E-state index in [9.17, 15) is 4.79 Å². The van der Waals surface area contributed by atoms with Crippen LogP contribution in [0.5, 0.6) is 0 Å². The Morgan fingerprint density at radius 3 is 2.25 bits per heavy atom. The smallest absolute Gasteiger partial charge is 0.406 e. The van der Waals surface area contributed by atoms with Crippen molar-refractivity contribution in [1.82, 2.24) is 0 Å². The molecule has 0 spiro atoms. The van der Waals surface area contributed by atoms with Crippen molar-refractivity contribution in [1.29, 1.82) is 0 Å². The zero-order chi connectivity index (χ0) is 9.78. The maximum Gasteiger partial charge on any atom is 0.406 e. The summed E-state index contributed by atoms with van der Waals surface area (Å²) in [5.41, 5.74) is 4.30. The summed E-state index contributed by atoms with van der Waals surface area (Å²) in [5, 5.41) is 0. The summed E-state index contributed by atoms with van der Waals surface area (Å²) < 4.78 is 4.44. The Bertz CT molecular complexity index is 152. The molecule has 72 valence electrons. The average Bonchev–Trinajstić information content (AvgIpc) is 1.80. The molecule has 0 fully saturated rings. The van der Waals surface area contributed by atoms with Gasteiger partial charge in [0.2, 0.25) is 6.29 Å². The van der Waals surface area contributed by atoms with E-state index in [-0.39, 0.29) is 0 Å². The molecule has 0 aliphatic carbocycles. The van der Waals surface area contributed by atoms with E-state index in [0.717, 1.165) is 0 Å². The van der Waals surface area contributed by atoms with Gasteiger partial charge >= 0.3 is 6.09 Å². The van der Waals surface area contributed by atoms with Gasteiger partial charge in [0, 0.05) is 6.92 Å². The predicted octanol–water partition coefficient (Wildman–Crippen LogP) is 1.17. The Kier molecular flexibility index (Phi) is 3.99. The van der Waals surface area contributed by atoms with Crippen LogP contribution in [-0.2, 0) is 14.5 Å². The van der Waals surface area contributed by atoms with E-state index in [2.05, 4.69) is 4.74 Å². The highest BCUT2D eigenvalue weighted by Gasteiger charge is 2.15. The summed E-state index contributed by atoms with van der Waals surface area (Å²) in [4.78, 5) is 19.8. The van der Waals surface area contributed by atoms with Crippen LogP contribution in [0.4, 0.5) is 4.79 Å². The molecular formula is C7H15NO4. The van der Waals surface area contributed by atoms with Crippen LogP contribution >= 0.6 is 0 Å². The first kappa shape index (κ1) is 11.2. The molecule has 0 saturated heterocycles. The number of carbonyl (C=O) groups is 1. The van der Waals surface area contributed by atoms with Crippen molar-refractivity contribution in [3.8, 4) is 0 Å².